The molecule has 1 amide bonds. The second kappa shape index (κ2) is 9.39. The van der Waals surface area contributed by atoms with Crippen molar-refractivity contribution in [1.82, 2.24) is 4.90 Å². The highest BCUT2D eigenvalue weighted by Crippen LogP contribution is 2.39. The van der Waals surface area contributed by atoms with Crippen LogP contribution in [0.5, 0.6) is 5.75 Å². The normalized spacial score (nSPS) is 18.3. The number of aliphatic hydroxyl groups is 1. The molecule has 1 fully saturated rings. The van der Waals surface area contributed by atoms with E-state index in [0.29, 0.717) is 37.5 Å². The Morgan fingerprint density at radius 3 is 2.55 bits per heavy atom. The summed E-state index contributed by atoms with van der Waals surface area (Å²) in [6, 6.07) is 15.4. The van der Waals surface area contributed by atoms with Crippen LogP contribution < -0.4 is 4.74 Å². The average molecular weight is 395 g/mol. The standard InChI is InChI=1S/C23H25NO5/c1-3-29-14-8-13-24-20(16-9-5-4-6-10-16)19(22(26)23(24)27)21(25)17-11-7-12-18(15-17)28-2/h4-7,9-12,15,20,25H,3,8,13-14H2,1-2H3/t20-/m1/s1. The average Bonchev–Trinajstić information content (AvgIpc) is 3.01. The predicted octanol–water partition coefficient (Wildman–Crippen LogP) is 3.54. The topological polar surface area (TPSA) is 76.1 Å². The monoisotopic (exact) mass is 395 g/mol. The van der Waals surface area contributed by atoms with Crippen LogP contribution in [0.25, 0.3) is 5.76 Å². The van der Waals surface area contributed by atoms with Gasteiger partial charge < -0.3 is 19.5 Å². The third kappa shape index (κ3) is 4.32. The minimum absolute atomic E-state index is 0.0888. The van der Waals surface area contributed by atoms with E-state index >= 15 is 0 Å². The molecule has 1 N–H and O–H groups in total. The van der Waals surface area contributed by atoms with Gasteiger partial charge in [-0.25, -0.2) is 0 Å². The molecule has 6 heteroatoms. The predicted molar refractivity (Wildman–Crippen MR) is 110 cm³/mol. The Balaban J connectivity index is 2.05. The van der Waals surface area contributed by atoms with E-state index in [1.165, 1.54) is 12.0 Å². The summed E-state index contributed by atoms with van der Waals surface area (Å²) < 4.78 is 10.6. The molecule has 1 saturated heterocycles. The first kappa shape index (κ1) is 20.6. The smallest absolute Gasteiger partial charge is 0.295 e. The van der Waals surface area contributed by atoms with Crippen molar-refractivity contribution in [2.75, 3.05) is 26.9 Å². The zero-order chi connectivity index (χ0) is 20.8. The number of likely N-dealkylation sites (tertiary alicyclic amines) is 1. The molecule has 6 nitrogen and oxygen atoms in total. The number of Topliss-reactive ketones (excluding diaryl/α,β-unsaturated/α-hetero) is 1. The van der Waals surface area contributed by atoms with E-state index in [-0.39, 0.29) is 11.3 Å². The third-order valence-corrected chi connectivity index (χ3v) is 4.89. The fourth-order valence-corrected chi connectivity index (χ4v) is 3.50. The van der Waals surface area contributed by atoms with Gasteiger partial charge >= 0.3 is 0 Å². The van der Waals surface area contributed by atoms with Gasteiger partial charge in [0.1, 0.15) is 11.5 Å². The molecule has 1 aliphatic rings. The van der Waals surface area contributed by atoms with Crippen molar-refractivity contribution in [2.45, 2.75) is 19.4 Å². The van der Waals surface area contributed by atoms with Gasteiger partial charge in [0.25, 0.3) is 11.7 Å². The van der Waals surface area contributed by atoms with Crippen LogP contribution in [0.4, 0.5) is 0 Å². The number of hydrogen-bond donors (Lipinski definition) is 1. The van der Waals surface area contributed by atoms with Crippen LogP contribution >= 0.6 is 0 Å². The highest BCUT2D eigenvalue weighted by molar-refractivity contribution is 6.46. The molecule has 2 aromatic rings. The lowest BCUT2D eigenvalue weighted by Crippen LogP contribution is -2.31. The number of nitrogens with zero attached hydrogens (tertiary/aromatic N) is 1. The van der Waals surface area contributed by atoms with E-state index in [9.17, 15) is 14.7 Å². The van der Waals surface area contributed by atoms with E-state index in [4.69, 9.17) is 9.47 Å². The van der Waals surface area contributed by atoms with Gasteiger partial charge in [-0.2, -0.15) is 0 Å². The number of rotatable bonds is 8. The number of hydrogen-bond acceptors (Lipinski definition) is 5. The van der Waals surface area contributed by atoms with Gasteiger partial charge in [-0.3, -0.25) is 9.59 Å². The Morgan fingerprint density at radius 1 is 1.10 bits per heavy atom. The maximum absolute atomic E-state index is 12.9. The molecule has 152 valence electrons. The molecule has 0 aliphatic carbocycles. The van der Waals surface area contributed by atoms with Crippen molar-refractivity contribution in [3.8, 4) is 5.75 Å². The van der Waals surface area contributed by atoms with Gasteiger partial charge in [-0.05, 0) is 31.0 Å². The Morgan fingerprint density at radius 2 is 1.86 bits per heavy atom. The van der Waals surface area contributed by atoms with Crippen molar-refractivity contribution in [3.05, 3.63) is 71.3 Å². The summed E-state index contributed by atoms with van der Waals surface area (Å²) in [5, 5.41) is 11.0. The Bertz CT molecular complexity index is 906. The van der Waals surface area contributed by atoms with Gasteiger partial charge in [-0.1, -0.05) is 42.5 Å². The van der Waals surface area contributed by atoms with Gasteiger partial charge in [-0.15, -0.1) is 0 Å². The van der Waals surface area contributed by atoms with Gasteiger partial charge in [0.05, 0.1) is 18.7 Å². The largest absolute Gasteiger partial charge is 0.507 e. The molecule has 0 aromatic heterocycles. The molecule has 0 radical (unpaired) electrons. The quantitative estimate of drug-likeness (QED) is 0.320. The Hall–Kier alpha value is -3.12. The summed E-state index contributed by atoms with van der Waals surface area (Å²) in [5.41, 5.74) is 1.29. The summed E-state index contributed by atoms with van der Waals surface area (Å²) in [5.74, 6) is -0.949. The van der Waals surface area contributed by atoms with Crippen LogP contribution in [-0.2, 0) is 14.3 Å². The number of aliphatic hydroxyl groups excluding tert-OH is 1. The highest BCUT2D eigenvalue weighted by atomic mass is 16.5. The van der Waals surface area contributed by atoms with E-state index in [1.54, 1.807) is 24.3 Å². The summed E-state index contributed by atoms with van der Waals surface area (Å²) in [7, 11) is 1.53. The fourth-order valence-electron chi connectivity index (χ4n) is 3.50. The summed E-state index contributed by atoms with van der Waals surface area (Å²) in [6.45, 7) is 3.36. The molecule has 2 aromatic carbocycles. The van der Waals surface area contributed by atoms with Gasteiger partial charge in [0.2, 0.25) is 0 Å². The number of methoxy groups -OCH3 is 1. The molecule has 0 unspecified atom stereocenters. The highest BCUT2D eigenvalue weighted by Gasteiger charge is 2.45. The molecule has 1 heterocycles. The lowest BCUT2D eigenvalue weighted by molar-refractivity contribution is -0.140. The summed E-state index contributed by atoms with van der Waals surface area (Å²) in [6.07, 6.45) is 0.601. The van der Waals surface area contributed by atoms with Crippen LogP contribution in [0.15, 0.2) is 60.2 Å². The number of carbonyl (C=O) groups is 2. The second-order valence-corrected chi connectivity index (χ2v) is 6.69. The first-order chi connectivity index (χ1) is 14.1. The van der Waals surface area contributed by atoms with Crippen LogP contribution in [0, 0.1) is 0 Å². The number of ether oxygens (including phenoxy) is 2. The van der Waals surface area contributed by atoms with Crippen LogP contribution in [0.1, 0.15) is 30.5 Å². The number of amides is 1. The second-order valence-electron chi connectivity index (χ2n) is 6.69. The zero-order valence-electron chi connectivity index (χ0n) is 16.6. The fraction of sp³-hybridized carbons (Fsp3) is 0.304. The summed E-state index contributed by atoms with van der Waals surface area (Å²) >= 11 is 0. The molecule has 29 heavy (non-hydrogen) atoms. The van der Waals surface area contributed by atoms with E-state index < -0.39 is 17.7 Å². The van der Waals surface area contributed by atoms with E-state index in [1.807, 2.05) is 37.3 Å². The molecule has 0 saturated carbocycles. The van der Waals surface area contributed by atoms with Crippen molar-refractivity contribution < 1.29 is 24.2 Å². The third-order valence-electron chi connectivity index (χ3n) is 4.89. The van der Waals surface area contributed by atoms with Gasteiger partial charge in [0.15, 0.2) is 0 Å². The maximum atomic E-state index is 12.9. The zero-order valence-corrected chi connectivity index (χ0v) is 16.6. The Labute approximate surface area is 170 Å². The van der Waals surface area contributed by atoms with E-state index in [2.05, 4.69) is 0 Å². The number of ketones is 1. The van der Waals surface area contributed by atoms with Crippen LogP contribution in [0.2, 0.25) is 0 Å². The molecule has 3 rings (SSSR count). The molecule has 0 spiro atoms. The van der Waals surface area contributed by atoms with Crippen molar-refractivity contribution in [1.29, 1.82) is 0 Å². The molecule has 1 aliphatic heterocycles. The minimum Gasteiger partial charge on any atom is -0.507 e. The van der Waals surface area contributed by atoms with Gasteiger partial charge in [0, 0.05) is 25.3 Å². The Kier molecular flexibility index (Phi) is 6.67. The van der Waals surface area contributed by atoms with Crippen molar-refractivity contribution in [2.24, 2.45) is 0 Å². The molecular weight excluding hydrogens is 370 g/mol. The lowest BCUT2D eigenvalue weighted by atomic mass is 9.95. The SMILES string of the molecule is CCOCCCN1C(=O)C(=O)C(=C(O)c2cccc(OC)c2)[C@H]1c1ccccc1. The molecule has 0 bridgehead atoms. The maximum Gasteiger partial charge on any atom is 0.295 e. The molecular formula is C23H25NO5. The first-order valence-corrected chi connectivity index (χ1v) is 9.64. The van der Waals surface area contributed by atoms with E-state index in [0.717, 1.165) is 5.56 Å². The lowest BCUT2D eigenvalue weighted by Gasteiger charge is -2.25. The number of benzene rings is 2. The summed E-state index contributed by atoms with van der Waals surface area (Å²) in [4.78, 5) is 27.2. The first-order valence-electron chi connectivity index (χ1n) is 9.64. The van der Waals surface area contributed by atoms with Crippen molar-refractivity contribution >= 4 is 17.4 Å². The van der Waals surface area contributed by atoms with Crippen LogP contribution in [0.3, 0.4) is 0 Å². The van der Waals surface area contributed by atoms with Crippen LogP contribution in [-0.4, -0.2) is 48.6 Å². The van der Waals surface area contributed by atoms with Crippen molar-refractivity contribution in [3.63, 3.8) is 0 Å². The number of carbonyl (C=O) groups excluding carboxylic acids is 2. The minimum atomic E-state index is -0.685. The molecule has 1 atom stereocenters.